The number of hydrogen-bond donors (Lipinski definition) is 1. The second-order valence-electron chi connectivity index (χ2n) is 7.93. The van der Waals surface area contributed by atoms with E-state index in [9.17, 15) is 4.79 Å². The number of oxazole rings is 1. The van der Waals surface area contributed by atoms with Gasteiger partial charge in [0.2, 0.25) is 17.4 Å². The van der Waals surface area contributed by atoms with Crippen molar-refractivity contribution in [3.63, 3.8) is 0 Å². The molecule has 1 saturated carbocycles. The van der Waals surface area contributed by atoms with Crippen LogP contribution >= 0.6 is 0 Å². The van der Waals surface area contributed by atoms with Gasteiger partial charge in [0.05, 0.1) is 6.54 Å². The van der Waals surface area contributed by atoms with E-state index in [1.165, 1.54) is 6.42 Å². The van der Waals surface area contributed by atoms with E-state index in [1.54, 1.807) is 6.20 Å². The third kappa shape index (κ3) is 3.94. The zero-order valence-electron chi connectivity index (χ0n) is 16.2. The molecular formula is C20H24N6O3. The molecule has 5 rings (SSSR count). The van der Waals surface area contributed by atoms with Crippen molar-refractivity contribution in [3.05, 3.63) is 30.0 Å². The van der Waals surface area contributed by atoms with Gasteiger partial charge in [-0.25, -0.2) is 4.98 Å². The highest BCUT2D eigenvalue weighted by molar-refractivity contribution is 5.76. The molecule has 2 aliphatic rings. The number of carbonyl (C=O) groups excluding carboxylic acids is 1. The van der Waals surface area contributed by atoms with Gasteiger partial charge in [-0.2, -0.15) is 9.97 Å². The molecule has 0 spiro atoms. The van der Waals surface area contributed by atoms with Crippen molar-refractivity contribution in [2.24, 2.45) is 5.92 Å². The molecule has 0 bridgehead atoms. The molecule has 2 fully saturated rings. The number of amides is 1. The maximum atomic E-state index is 12.4. The summed E-state index contributed by atoms with van der Waals surface area (Å²) in [5.74, 6) is 1.91. The Labute approximate surface area is 167 Å². The van der Waals surface area contributed by atoms with Gasteiger partial charge >= 0.3 is 0 Å². The summed E-state index contributed by atoms with van der Waals surface area (Å²) in [6, 6.07) is 4.28. The van der Waals surface area contributed by atoms with Crippen LogP contribution in [0.4, 0.5) is 6.01 Å². The first-order chi connectivity index (χ1) is 14.2. The van der Waals surface area contributed by atoms with E-state index in [4.69, 9.17) is 8.94 Å². The van der Waals surface area contributed by atoms with E-state index in [2.05, 4.69) is 30.3 Å². The van der Waals surface area contributed by atoms with Crippen molar-refractivity contribution in [1.29, 1.82) is 0 Å². The van der Waals surface area contributed by atoms with E-state index < -0.39 is 0 Å². The van der Waals surface area contributed by atoms with Gasteiger partial charge < -0.3 is 19.2 Å². The average Bonchev–Trinajstić information content (AvgIpc) is 3.32. The number of nitrogens with one attached hydrogen (secondary N) is 1. The van der Waals surface area contributed by atoms with Crippen LogP contribution in [0.3, 0.4) is 0 Å². The molecule has 3 aromatic heterocycles. The normalized spacial score (nSPS) is 20.0. The first kappa shape index (κ1) is 18.1. The van der Waals surface area contributed by atoms with Gasteiger partial charge in [-0.3, -0.25) is 4.79 Å². The van der Waals surface area contributed by atoms with Crippen molar-refractivity contribution >= 4 is 23.2 Å². The molecule has 4 heterocycles. The van der Waals surface area contributed by atoms with Crippen LogP contribution < -0.4 is 10.2 Å². The molecule has 1 unspecified atom stereocenters. The van der Waals surface area contributed by atoms with Crippen LogP contribution in [-0.2, 0) is 11.3 Å². The Kier molecular flexibility index (Phi) is 4.87. The summed E-state index contributed by atoms with van der Waals surface area (Å²) in [5, 5.41) is 6.89. The zero-order valence-corrected chi connectivity index (χ0v) is 16.2. The number of anilines is 1. The number of nitrogens with zero attached hydrogens (tertiary/aromatic N) is 5. The second kappa shape index (κ2) is 7.81. The number of piperidine rings is 1. The first-order valence-corrected chi connectivity index (χ1v) is 10.3. The van der Waals surface area contributed by atoms with Crippen LogP contribution in [0.25, 0.3) is 11.2 Å². The van der Waals surface area contributed by atoms with Crippen molar-refractivity contribution < 1.29 is 13.7 Å². The van der Waals surface area contributed by atoms with Crippen molar-refractivity contribution in [2.75, 3.05) is 18.0 Å². The van der Waals surface area contributed by atoms with E-state index >= 15 is 0 Å². The van der Waals surface area contributed by atoms with Gasteiger partial charge in [0.25, 0.3) is 6.01 Å². The van der Waals surface area contributed by atoms with Crippen LogP contribution in [0.1, 0.15) is 56.2 Å². The van der Waals surface area contributed by atoms with Crippen LogP contribution in [0, 0.1) is 5.92 Å². The van der Waals surface area contributed by atoms with Crippen LogP contribution in [0.15, 0.2) is 27.3 Å². The van der Waals surface area contributed by atoms with E-state index in [0.29, 0.717) is 47.8 Å². The SMILES string of the molecule is O=C(CC1CCCN(c2nc3ncccc3o2)C1)NCc1noc(C2CCC2)n1. The number of pyridine rings is 1. The molecule has 1 amide bonds. The Balaban J connectivity index is 1.14. The lowest BCUT2D eigenvalue weighted by atomic mass is 9.85. The predicted octanol–water partition coefficient (Wildman–Crippen LogP) is 2.80. The summed E-state index contributed by atoms with van der Waals surface area (Å²) >= 11 is 0. The van der Waals surface area contributed by atoms with E-state index in [-0.39, 0.29) is 11.8 Å². The summed E-state index contributed by atoms with van der Waals surface area (Å²) < 4.78 is 11.1. The molecule has 1 aliphatic carbocycles. The fourth-order valence-corrected chi connectivity index (χ4v) is 3.97. The van der Waals surface area contributed by atoms with Crippen molar-refractivity contribution in [2.45, 2.75) is 51.0 Å². The highest BCUT2D eigenvalue weighted by Gasteiger charge is 2.27. The maximum absolute atomic E-state index is 12.4. The molecule has 1 aliphatic heterocycles. The molecule has 0 radical (unpaired) electrons. The number of rotatable bonds is 6. The fraction of sp³-hybridized carbons (Fsp3) is 0.550. The van der Waals surface area contributed by atoms with Crippen LogP contribution in [0.2, 0.25) is 0 Å². The van der Waals surface area contributed by atoms with Gasteiger partial charge in [-0.15, -0.1) is 0 Å². The Morgan fingerprint density at radius 1 is 1.24 bits per heavy atom. The number of carbonyl (C=O) groups is 1. The summed E-state index contributed by atoms with van der Waals surface area (Å²) in [6.07, 6.45) is 7.62. The second-order valence-corrected chi connectivity index (χ2v) is 7.93. The Bertz CT molecular complexity index is 962. The summed E-state index contributed by atoms with van der Waals surface area (Å²) in [7, 11) is 0. The van der Waals surface area contributed by atoms with Gasteiger partial charge in [0, 0.05) is 31.6 Å². The Morgan fingerprint density at radius 3 is 3.00 bits per heavy atom. The molecule has 29 heavy (non-hydrogen) atoms. The minimum absolute atomic E-state index is 0.00563. The molecule has 0 aromatic carbocycles. The lowest BCUT2D eigenvalue weighted by Gasteiger charge is -2.31. The molecule has 9 heteroatoms. The monoisotopic (exact) mass is 396 g/mol. The Morgan fingerprint density at radius 2 is 2.17 bits per heavy atom. The van der Waals surface area contributed by atoms with E-state index in [1.807, 2.05) is 12.1 Å². The third-order valence-corrected chi connectivity index (χ3v) is 5.80. The predicted molar refractivity (Wildman–Crippen MR) is 104 cm³/mol. The fourth-order valence-electron chi connectivity index (χ4n) is 3.97. The molecule has 9 nitrogen and oxygen atoms in total. The van der Waals surface area contributed by atoms with Gasteiger partial charge in [-0.1, -0.05) is 11.6 Å². The van der Waals surface area contributed by atoms with Crippen molar-refractivity contribution in [1.82, 2.24) is 25.4 Å². The number of aromatic nitrogens is 4. The minimum atomic E-state index is 0.00563. The quantitative estimate of drug-likeness (QED) is 0.677. The Hall–Kier alpha value is -2.97. The molecule has 152 valence electrons. The topological polar surface area (TPSA) is 110 Å². The number of hydrogen-bond acceptors (Lipinski definition) is 8. The minimum Gasteiger partial charge on any atom is -0.422 e. The summed E-state index contributed by atoms with van der Waals surface area (Å²) in [4.78, 5) is 27.6. The average molecular weight is 396 g/mol. The van der Waals surface area contributed by atoms with E-state index in [0.717, 1.165) is 38.8 Å². The lowest BCUT2D eigenvalue weighted by Crippen LogP contribution is -2.38. The lowest BCUT2D eigenvalue weighted by molar-refractivity contribution is -0.122. The van der Waals surface area contributed by atoms with Crippen LogP contribution in [-0.4, -0.2) is 39.1 Å². The highest BCUT2D eigenvalue weighted by Crippen LogP contribution is 2.35. The van der Waals surface area contributed by atoms with Crippen LogP contribution in [0.5, 0.6) is 0 Å². The van der Waals surface area contributed by atoms with Gasteiger partial charge in [0.1, 0.15) is 0 Å². The van der Waals surface area contributed by atoms with Crippen molar-refractivity contribution in [3.8, 4) is 0 Å². The van der Waals surface area contributed by atoms with Gasteiger partial charge in [-0.05, 0) is 43.7 Å². The smallest absolute Gasteiger partial charge is 0.299 e. The largest absolute Gasteiger partial charge is 0.422 e. The highest BCUT2D eigenvalue weighted by atomic mass is 16.5. The maximum Gasteiger partial charge on any atom is 0.299 e. The van der Waals surface area contributed by atoms with Gasteiger partial charge in [0.15, 0.2) is 11.4 Å². The standard InChI is InChI=1S/C20H24N6O3/c27-17(22-11-16-23-19(29-25-16)14-5-1-6-14)10-13-4-3-9-26(12-13)20-24-18-15(28-20)7-2-8-21-18/h2,7-8,13-14H,1,3-6,9-12H2,(H,22,27). The third-order valence-electron chi connectivity index (χ3n) is 5.80. The summed E-state index contributed by atoms with van der Waals surface area (Å²) in [5.41, 5.74) is 1.30. The first-order valence-electron chi connectivity index (χ1n) is 10.3. The number of fused-ring (bicyclic) bond motifs is 1. The summed E-state index contributed by atoms with van der Waals surface area (Å²) in [6.45, 7) is 1.92. The molecule has 1 saturated heterocycles. The molecule has 1 N–H and O–H groups in total. The molecule has 1 atom stereocenters. The zero-order chi connectivity index (χ0) is 19.6. The molecular weight excluding hydrogens is 372 g/mol. The molecule has 3 aromatic rings.